The summed E-state index contributed by atoms with van der Waals surface area (Å²) < 4.78 is 34.5. The van der Waals surface area contributed by atoms with Gasteiger partial charge in [0.15, 0.2) is 0 Å². The van der Waals surface area contributed by atoms with Crippen molar-refractivity contribution in [3.63, 3.8) is 0 Å². The van der Waals surface area contributed by atoms with Crippen LogP contribution in [0.15, 0.2) is 36.4 Å². The summed E-state index contributed by atoms with van der Waals surface area (Å²) in [5.74, 6) is -3.43. The van der Waals surface area contributed by atoms with E-state index in [2.05, 4.69) is 16.0 Å². The number of carbonyl (C=O) groups excluding carboxylic acids is 3. The van der Waals surface area contributed by atoms with E-state index >= 15 is 0 Å². The molecule has 0 unspecified atom stereocenters. The van der Waals surface area contributed by atoms with E-state index in [1.54, 1.807) is 31.4 Å². The van der Waals surface area contributed by atoms with Gasteiger partial charge in [0.25, 0.3) is 5.91 Å². The van der Waals surface area contributed by atoms with Gasteiger partial charge in [0.05, 0.1) is 26.3 Å². The lowest BCUT2D eigenvalue weighted by atomic mass is 10.0. The van der Waals surface area contributed by atoms with Gasteiger partial charge in [-0.1, -0.05) is 43.9 Å². The Bertz CT molecular complexity index is 1090. The number of benzene rings is 2. The summed E-state index contributed by atoms with van der Waals surface area (Å²) in [4.78, 5) is 37.4. The molecular weight excluding hydrogens is 460 g/mol. The van der Waals surface area contributed by atoms with Crippen LogP contribution < -0.4 is 21.1 Å². The van der Waals surface area contributed by atoms with Crippen molar-refractivity contribution in [3.8, 4) is 0 Å². The first-order valence-corrected chi connectivity index (χ1v) is 14.4. The Morgan fingerprint density at radius 1 is 1.15 bits per heavy atom. The molecule has 7 nitrogen and oxygen atoms in total. The molecule has 182 valence electrons. The van der Waals surface area contributed by atoms with Crippen LogP contribution in [0.5, 0.6) is 0 Å². The topological polar surface area (TPSA) is 96.5 Å². The SMILES string of the molecule is COCc1ccc([C@@H](NC(=O)[C@H]2CNC(=O)C2)C(=O)Nc2cc(F)c([Si](C)(C)C)cc2F)cc1. The lowest BCUT2D eigenvalue weighted by molar-refractivity contribution is -0.129. The van der Waals surface area contributed by atoms with Crippen molar-refractivity contribution in [1.82, 2.24) is 10.6 Å². The lowest BCUT2D eigenvalue weighted by Crippen LogP contribution is -2.41. The Hall–Kier alpha value is -3.11. The fraction of sp³-hybridized carbons (Fsp3) is 0.375. The number of anilines is 1. The zero-order valence-corrected chi connectivity index (χ0v) is 20.6. The number of methoxy groups -OCH3 is 1. The molecule has 1 fully saturated rings. The summed E-state index contributed by atoms with van der Waals surface area (Å²) in [7, 11) is -0.572. The zero-order chi connectivity index (χ0) is 25.0. The van der Waals surface area contributed by atoms with Crippen molar-refractivity contribution in [2.75, 3.05) is 19.0 Å². The Kier molecular flexibility index (Phi) is 7.83. The summed E-state index contributed by atoms with van der Waals surface area (Å²) in [5, 5.41) is 7.97. The second-order valence-corrected chi connectivity index (χ2v) is 14.4. The molecule has 1 heterocycles. The van der Waals surface area contributed by atoms with Crippen LogP contribution in [-0.2, 0) is 25.7 Å². The largest absolute Gasteiger partial charge is 0.380 e. The van der Waals surface area contributed by atoms with Gasteiger partial charge in [-0.3, -0.25) is 14.4 Å². The molecule has 3 amide bonds. The van der Waals surface area contributed by atoms with Crippen molar-refractivity contribution >= 4 is 36.7 Å². The van der Waals surface area contributed by atoms with Crippen LogP contribution in [0.2, 0.25) is 19.6 Å². The van der Waals surface area contributed by atoms with Crippen molar-refractivity contribution in [3.05, 3.63) is 59.2 Å². The molecule has 0 aromatic heterocycles. The van der Waals surface area contributed by atoms with E-state index in [4.69, 9.17) is 4.74 Å². The van der Waals surface area contributed by atoms with Crippen LogP contribution in [0.3, 0.4) is 0 Å². The summed E-state index contributed by atoms with van der Waals surface area (Å²) in [5.41, 5.74) is 0.998. The fourth-order valence-electron chi connectivity index (χ4n) is 3.75. The molecule has 2 atom stereocenters. The number of hydrogen-bond acceptors (Lipinski definition) is 4. The third-order valence-electron chi connectivity index (χ3n) is 5.64. The van der Waals surface area contributed by atoms with E-state index in [-0.39, 0.29) is 24.6 Å². The summed E-state index contributed by atoms with van der Waals surface area (Å²) >= 11 is 0. The van der Waals surface area contributed by atoms with Gasteiger partial charge >= 0.3 is 0 Å². The average Bonchev–Trinajstić information content (AvgIpc) is 3.20. The Labute approximate surface area is 198 Å². The zero-order valence-electron chi connectivity index (χ0n) is 19.6. The van der Waals surface area contributed by atoms with Crippen molar-refractivity contribution in [1.29, 1.82) is 0 Å². The number of hydrogen-bond donors (Lipinski definition) is 3. The van der Waals surface area contributed by atoms with Crippen LogP contribution in [0.25, 0.3) is 0 Å². The number of amides is 3. The normalized spacial score (nSPS) is 16.6. The Morgan fingerprint density at radius 2 is 1.82 bits per heavy atom. The second kappa shape index (κ2) is 10.4. The maximum absolute atomic E-state index is 14.8. The molecule has 3 rings (SSSR count). The first kappa shape index (κ1) is 25.5. The molecule has 0 saturated carbocycles. The third kappa shape index (κ3) is 6.06. The van der Waals surface area contributed by atoms with Gasteiger partial charge in [-0.05, 0) is 22.4 Å². The maximum Gasteiger partial charge on any atom is 0.251 e. The molecule has 2 aromatic rings. The number of ether oxygens (including phenoxy) is 1. The van der Waals surface area contributed by atoms with Crippen LogP contribution in [0, 0.1) is 17.6 Å². The number of rotatable bonds is 8. The van der Waals surface area contributed by atoms with Crippen LogP contribution in [0.4, 0.5) is 14.5 Å². The van der Waals surface area contributed by atoms with Gasteiger partial charge in [-0.25, -0.2) is 8.78 Å². The van der Waals surface area contributed by atoms with Crippen LogP contribution in [-0.4, -0.2) is 39.4 Å². The van der Waals surface area contributed by atoms with E-state index in [9.17, 15) is 23.2 Å². The molecule has 0 aliphatic carbocycles. The molecule has 10 heteroatoms. The van der Waals surface area contributed by atoms with Crippen molar-refractivity contribution in [2.45, 2.75) is 38.7 Å². The molecule has 0 radical (unpaired) electrons. The van der Waals surface area contributed by atoms with Gasteiger partial charge in [0.2, 0.25) is 11.8 Å². The fourth-order valence-corrected chi connectivity index (χ4v) is 5.09. The van der Waals surface area contributed by atoms with E-state index in [0.29, 0.717) is 17.4 Å². The highest BCUT2D eigenvalue weighted by atomic mass is 28.3. The van der Waals surface area contributed by atoms with Crippen molar-refractivity contribution in [2.24, 2.45) is 5.92 Å². The first-order chi connectivity index (χ1) is 16.0. The van der Waals surface area contributed by atoms with Crippen LogP contribution in [0.1, 0.15) is 23.6 Å². The highest BCUT2D eigenvalue weighted by molar-refractivity contribution is 6.88. The third-order valence-corrected chi connectivity index (χ3v) is 7.64. The van der Waals surface area contributed by atoms with Gasteiger partial charge in [-0.15, -0.1) is 0 Å². The number of halogens is 2. The monoisotopic (exact) mass is 489 g/mol. The maximum atomic E-state index is 14.8. The first-order valence-electron chi connectivity index (χ1n) is 10.9. The second-order valence-electron chi connectivity index (χ2n) is 9.37. The van der Waals surface area contributed by atoms with E-state index in [1.807, 2.05) is 19.6 Å². The molecule has 0 spiro atoms. The average molecular weight is 490 g/mol. The van der Waals surface area contributed by atoms with E-state index in [1.165, 1.54) is 0 Å². The van der Waals surface area contributed by atoms with E-state index < -0.39 is 43.5 Å². The lowest BCUT2D eigenvalue weighted by Gasteiger charge is -2.22. The molecule has 1 saturated heterocycles. The van der Waals surface area contributed by atoms with Gasteiger partial charge in [0.1, 0.15) is 17.7 Å². The minimum absolute atomic E-state index is 0.0188. The molecule has 1 aliphatic heterocycles. The predicted octanol–water partition coefficient (Wildman–Crippen LogP) is 2.59. The summed E-state index contributed by atoms with van der Waals surface area (Å²) in [6.45, 7) is 6.22. The summed E-state index contributed by atoms with van der Waals surface area (Å²) in [6.07, 6.45) is 0.0188. The molecular formula is C24H29F2N3O4Si. The molecule has 3 N–H and O–H groups in total. The smallest absolute Gasteiger partial charge is 0.251 e. The molecule has 2 aromatic carbocycles. The Balaban J connectivity index is 1.87. The van der Waals surface area contributed by atoms with E-state index in [0.717, 1.165) is 17.7 Å². The van der Waals surface area contributed by atoms with Gasteiger partial charge in [0, 0.05) is 26.1 Å². The quantitative estimate of drug-likeness (QED) is 0.497. The standard InChI is InChI=1S/C24H29F2N3O4Si/c1-33-13-14-5-7-15(8-6-14)22(29-23(31)16-9-21(30)27-12-16)24(32)28-19-10-18(26)20(11-17(19)25)34(2,3)4/h5-8,10-11,16,22H,9,12-13H2,1-4H3,(H,27,30)(H,28,32)(H,29,31)/t16-,22-/m1/s1. The highest BCUT2D eigenvalue weighted by Crippen LogP contribution is 2.22. The molecule has 0 bridgehead atoms. The molecule has 1 aliphatic rings. The molecule has 34 heavy (non-hydrogen) atoms. The van der Waals surface area contributed by atoms with Crippen LogP contribution >= 0.6 is 0 Å². The number of carbonyl (C=O) groups is 3. The Morgan fingerprint density at radius 3 is 2.38 bits per heavy atom. The predicted molar refractivity (Wildman–Crippen MR) is 127 cm³/mol. The minimum atomic E-state index is -2.13. The van der Waals surface area contributed by atoms with Gasteiger partial charge in [-0.2, -0.15) is 0 Å². The van der Waals surface area contributed by atoms with Gasteiger partial charge < -0.3 is 20.7 Å². The minimum Gasteiger partial charge on any atom is -0.380 e. The highest BCUT2D eigenvalue weighted by Gasteiger charge is 2.32. The summed E-state index contributed by atoms with van der Waals surface area (Å²) in [6, 6.07) is 7.72. The van der Waals surface area contributed by atoms with Crippen molar-refractivity contribution < 1.29 is 27.9 Å². The number of nitrogens with one attached hydrogen (secondary N) is 3.